The molecule has 0 atom stereocenters. The van der Waals surface area contributed by atoms with Gasteiger partial charge in [-0.15, -0.1) is 0 Å². The van der Waals surface area contributed by atoms with Gasteiger partial charge in [0.15, 0.2) is 0 Å². The average Bonchev–Trinajstić information content (AvgIpc) is 3.80. The number of hydrogen-bond donors (Lipinski definition) is 0. The minimum Gasteiger partial charge on any atom is -0.308 e. The number of benzene rings is 8. The van der Waals surface area contributed by atoms with Gasteiger partial charge in [-0.1, -0.05) is 78.9 Å². The summed E-state index contributed by atoms with van der Waals surface area (Å²) in [7, 11) is 0. The van der Waals surface area contributed by atoms with Crippen LogP contribution in [0.2, 0.25) is 0 Å². The van der Waals surface area contributed by atoms with Gasteiger partial charge in [0.2, 0.25) is 0 Å². The summed E-state index contributed by atoms with van der Waals surface area (Å²) in [6, 6.07) is 57.1. The van der Waals surface area contributed by atoms with Crippen LogP contribution in [0, 0.1) is 40.9 Å². The van der Waals surface area contributed by atoms with Gasteiger partial charge in [-0.25, -0.2) is 0 Å². The highest BCUT2D eigenvalue weighted by molar-refractivity contribution is 6.13. The lowest BCUT2D eigenvalue weighted by Gasteiger charge is -2.22. The smallest absolute Gasteiger partial charge is 0.308 e. The van der Waals surface area contributed by atoms with Crippen LogP contribution in [0.15, 0.2) is 164 Å². The van der Waals surface area contributed by atoms with Crippen LogP contribution in [0.4, 0.5) is 13.2 Å². The summed E-state index contributed by atoms with van der Waals surface area (Å²) in [5.74, 6) is 0. The first-order valence-corrected chi connectivity index (χ1v) is 19.5. The number of para-hydroxylation sites is 2. The first-order chi connectivity index (χ1) is 29.6. The summed E-state index contributed by atoms with van der Waals surface area (Å²) in [5, 5.41) is 33.6. The summed E-state index contributed by atoms with van der Waals surface area (Å²) in [4.78, 5) is 0. The molecule has 0 aliphatic heterocycles. The Hall–Kier alpha value is -8.38. The molecule has 8 aromatic carbocycles. The molecule has 10 rings (SSSR count). The second kappa shape index (κ2) is 14.2. The molecule has 0 radical (unpaired) electrons. The number of aryl methyl sites for hydroxylation is 1. The van der Waals surface area contributed by atoms with Crippen LogP contribution in [0.3, 0.4) is 0 Å². The van der Waals surface area contributed by atoms with Crippen LogP contribution in [0.25, 0.3) is 88.4 Å². The Bertz CT molecular complexity index is 3390. The van der Waals surface area contributed by atoms with Crippen molar-refractivity contribution < 1.29 is 13.2 Å². The van der Waals surface area contributed by atoms with Gasteiger partial charge in [0, 0.05) is 27.1 Å². The number of hydrogen-bond acceptors (Lipinski definition) is 3. The molecule has 0 N–H and O–H groups in total. The van der Waals surface area contributed by atoms with E-state index in [2.05, 4.69) is 30.3 Å². The maximum atomic E-state index is 14.7. The minimum absolute atomic E-state index is 0.323. The van der Waals surface area contributed by atoms with Crippen LogP contribution in [-0.4, -0.2) is 9.13 Å². The van der Waals surface area contributed by atoms with Crippen LogP contribution in [0.1, 0.15) is 27.8 Å². The largest absolute Gasteiger partial charge is 0.416 e. The van der Waals surface area contributed by atoms with E-state index in [1.165, 1.54) is 6.07 Å². The lowest BCUT2D eigenvalue weighted by Crippen LogP contribution is -2.08. The van der Waals surface area contributed by atoms with E-state index in [-0.39, 0.29) is 0 Å². The minimum atomic E-state index is -4.62. The predicted molar refractivity (Wildman–Crippen MR) is 235 cm³/mol. The van der Waals surface area contributed by atoms with E-state index >= 15 is 0 Å². The molecule has 61 heavy (non-hydrogen) atoms. The first-order valence-electron chi connectivity index (χ1n) is 19.5. The van der Waals surface area contributed by atoms with E-state index in [4.69, 9.17) is 0 Å². The summed E-state index contributed by atoms with van der Waals surface area (Å²) in [6.07, 6.45) is -4.62. The van der Waals surface area contributed by atoms with E-state index in [0.29, 0.717) is 44.8 Å². The molecule has 5 nitrogen and oxygen atoms in total. The SMILES string of the molecule is Cc1cc(-c2c(-n3c4ccccc4c4cc(-c5cccc(C#N)c5)ccc43)cc(C#N)cc2-n2c3ccccc3c3cc(-c4cccc(C#N)c4)ccc32)cc(C(F)(F)F)c1. The number of nitriles is 3. The highest BCUT2D eigenvalue weighted by Crippen LogP contribution is 2.45. The van der Waals surface area contributed by atoms with Gasteiger partial charge in [-0.3, -0.25) is 0 Å². The van der Waals surface area contributed by atoms with E-state index in [1.807, 2.05) is 118 Å². The quantitative estimate of drug-likeness (QED) is 0.174. The third kappa shape index (κ3) is 6.16. The van der Waals surface area contributed by atoms with Gasteiger partial charge < -0.3 is 9.13 Å². The normalized spacial score (nSPS) is 11.6. The van der Waals surface area contributed by atoms with Crippen LogP contribution >= 0.6 is 0 Å². The Morgan fingerprint density at radius 1 is 0.410 bits per heavy atom. The Morgan fingerprint density at radius 3 is 1.34 bits per heavy atom. The number of alkyl halides is 3. The third-order valence-electron chi connectivity index (χ3n) is 11.4. The second-order valence-electron chi connectivity index (χ2n) is 15.1. The highest BCUT2D eigenvalue weighted by Gasteiger charge is 2.32. The molecular formula is C53H30F3N5. The van der Waals surface area contributed by atoms with E-state index in [0.717, 1.165) is 71.9 Å². The van der Waals surface area contributed by atoms with Crippen molar-refractivity contribution in [1.29, 1.82) is 15.8 Å². The third-order valence-corrected chi connectivity index (χ3v) is 11.4. The number of nitrogens with zero attached hydrogens (tertiary/aromatic N) is 5. The molecule has 0 bridgehead atoms. The lowest BCUT2D eigenvalue weighted by molar-refractivity contribution is -0.137. The second-order valence-corrected chi connectivity index (χ2v) is 15.1. The van der Waals surface area contributed by atoms with Crippen molar-refractivity contribution in [2.45, 2.75) is 13.1 Å². The van der Waals surface area contributed by atoms with Crippen molar-refractivity contribution in [2.24, 2.45) is 0 Å². The Morgan fingerprint density at radius 2 is 0.869 bits per heavy atom. The molecule has 0 unspecified atom stereocenters. The first kappa shape index (κ1) is 36.9. The predicted octanol–water partition coefficient (Wildman–Crippen LogP) is 13.8. The molecular weight excluding hydrogens is 764 g/mol. The molecule has 2 heterocycles. The van der Waals surface area contributed by atoms with Crippen molar-refractivity contribution in [3.05, 3.63) is 192 Å². The molecule has 0 saturated heterocycles. The molecule has 2 aromatic heterocycles. The van der Waals surface area contributed by atoms with E-state index in [9.17, 15) is 29.0 Å². The van der Waals surface area contributed by atoms with Gasteiger partial charge >= 0.3 is 6.18 Å². The van der Waals surface area contributed by atoms with E-state index < -0.39 is 11.7 Å². The number of halogens is 3. The molecule has 0 aliphatic carbocycles. The van der Waals surface area contributed by atoms with Gasteiger partial charge in [0.25, 0.3) is 0 Å². The molecule has 0 saturated carbocycles. The maximum Gasteiger partial charge on any atom is 0.416 e. The molecule has 0 spiro atoms. The van der Waals surface area contributed by atoms with Crippen molar-refractivity contribution in [2.75, 3.05) is 0 Å². The standard InChI is InChI=1S/C53H30F3N5/c1-32-20-40(26-41(21-32)53(54,55)56)52-50(60-46-14-4-2-12-42(46)44-27-38(16-18-48(44)60)36-10-6-8-33(22-36)29-57)24-35(31-59)25-51(52)61-47-15-5-3-13-43(47)45-28-39(17-19-49(45)61)37-11-7-9-34(23-37)30-58/h2-28H,1H3. The Kier molecular flexibility index (Phi) is 8.58. The molecule has 288 valence electrons. The fourth-order valence-corrected chi connectivity index (χ4v) is 8.78. The van der Waals surface area contributed by atoms with Crippen LogP contribution in [0.5, 0.6) is 0 Å². The monoisotopic (exact) mass is 793 g/mol. The number of fused-ring (bicyclic) bond motifs is 6. The average molecular weight is 794 g/mol. The Labute approximate surface area is 348 Å². The fourth-order valence-electron chi connectivity index (χ4n) is 8.78. The zero-order chi connectivity index (χ0) is 42.0. The summed E-state index contributed by atoms with van der Waals surface area (Å²) in [5.41, 5.74) is 9.72. The lowest BCUT2D eigenvalue weighted by atomic mass is 9.95. The topological polar surface area (TPSA) is 81.2 Å². The zero-order valence-electron chi connectivity index (χ0n) is 32.5. The number of aromatic nitrogens is 2. The van der Waals surface area contributed by atoms with Crippen molar-refractivity contribution in [3.63, 3.8) is 0 Å². The van der Waals surface area contributed by atoms with Gasteiger partial charge in [0.1, 0.15) is 0 Å². The zero-order valence-corrected chi connectivity index (χ0v) is 32.5. The molecule has 8 heteroatoms. The number of rotatable bonds is 5. The van der Waals surface area contributed by atoms with Crippen molar-refractivity contribution in [3.8, 4) is 63.0 Å². The molecule has 0 fully saturated rings. The summed E-state index contributed by atoms with van der Waals surface area (Å²) < 4.78 is 48.3. The molecule has 10 aromatic rings. The molecule has 0 aliphatic rings. The van der Waals surface area contributed by atoms with E-state index in [1.54, 1.807) is 37.3 Å². The van der Waals surface area contributed by atoms with Gasteiger partial charge in [-0.2, -0.15) is 29.0 Å². The Balaban J connectivity index is 1.33. The maximum absolute atomic E-state index is 14.7. The highest BCUT2D eigenvalue weighted by atomic mass is 19.4. The fraction of sp³-hybridized carbons (Fsp3) is 0.0377. The van der Waals surface area contributed by atoms with Gasteiger partial charge in [0.05, 0.1) is 73.9 Å². The van der Waals surface area contributed by atoms with Crippen molar-refractivity contribution in [1.82, 2.24) is 9.13 Å². The summed E-state index contributed by atoms with van der Waals surface area (Å²) >= 11 is 0. The molecule has 0 amide bonds. The summed E-state index contributed by atoms with van der Waals surface area (Å²) in [6.45, 7) is 1.66. The van der Waals surface area contributed by atoms with Crippen molar-refractivity contribution >= 4 is 43.6 Å². The van der Waals surface area contributed by atoms with Gasteiger partial charge in [-0.05, 0) is 125 Å². The van der Waals surface area contributed by atoms with Crippen LogP contribution < -0.4 is 0 Å². The van der Waals surface area contributed by atoms with Crippen LogP contribution in [-0.2, 0) is 6.18 Å².